The Kier molecular flexibility index (Phi) is 4.61. The molecule has 0 aliphatic heterocycles. The van der Waals surface area contributed by atoms with Crippen LogP contribution in [0.2, 0.25) is 5.15 Å². The van der Waals surface area contributed by atoms with Crippen molar-refractivity contribution in [2.45, 2.75) is 40.2 Å². The van der Waals surface area contributed by atoms with E-state index in [1.807, 2.05) is 13.0 Å². The number of hydrogen-bond donors (Lipinski definition) is 0. The normalized spacial score (nSPS) is 10.9. The first-order chi connectivity index (χ1) is 9.45. The molecule has 1 aromatic carbocycles. The fourth-order valence-corrected chi connectivity index (χ4v) is 2.29. The highest BCUT2D eigenvalue weighted by molar-refractivity contribution is 6.29. The van der Waals surface area contributed by atoms with Crippen LogP contribution in [0.5, 0.6) is 5.75 Å². The smallest absolute Gasteiger partial charge is 0.167 e. The quantitative estimate of drug-likeness (QED) is 0.780. The van der Waals surface area contributed by atoms with Crippen molar-refractivity contribution in [2.75, 3.05) is 0 Å². The van der Waals surface area contributed by atoms with Gasteiger partial charge in [-0.05, 0) is 43.0 Å². The Morgan fingerprint density at radius 1 is 1.15 bits per heavy atom. The van der Waals surface area contributed by atoms with Crippen molar-refractivity contribution in [2.24, 2.45) is 0 Å². The van der Waals surface area contributed by atoms with E-state index in [4.69, 9.17) is 16.3 Å². The Morgan fingerprint density at radius 3 is 2.55 bits per heavy atom. The van der Waals surface area contributed by atoms with Crippen LogP contribution >= 0.6 is 11.6 Å². The van der Waals surface area contributed by atoms with Gasteiger partial charge in [0, 0.05) is 5.69 Å². The van der Waals surface area contributed by atoms with Gasteiger partial charge in [0.1, 0.15) is 17.5 Å². The maximum absolute atomic E-state index is 5.93. The van der Waals surface area contributed by atoms with Crippen LogP contribution < -0.4 is 4.74 Å². The molecule has 0 amide bonds. The summed E-state index contributed by atoms with van der Waals surface area (Å²) in [5.74, 6) is 1.90. The fourth-order valence-electron chi connectivity index (χ4n) is 2.04. The highest BCUT2D eigenvalue weighted by atomic mass is 35.5. The van der Waals surface area contributed by atoms with Crippen LogP contribution in [0.1, 0.15) is 42.4 Å². The predicted octanol–water partition coefficient (Wildman–Crippen LogP) is 4.45. The molecule has 0 radical (unpaired) electrons. The van der Waals surface area contributed by atoms with Gasteiger partial charge < -0.3 is 4.74 Å². The van der Waals surface area contributed by atoms with Crippen LogP contribution in [0.3, 0.4) is 0 Å². The summed E-state index contributed by atoms with van der Waals surface area (Å²) in [6, 6.07) is 7.99. The summed E-state index contributed by atoms with van der Waals surface area (Å²) in [5, 5.41) is 0.449. The zero-order valence-electron chi connectivity index (χ0n) is 12.3. The first-order valence-corrected chi connectivity index (χ1v) is 7.07. The van der Waals surface area contributed by atoms with Crippen LogP contribution in [0.4, 0.5) is 0 Å². The molecule has 0 saturated carbocycles. The van der Waals surface area contributed by atoms with E-state index in [0.29, 0.717) is 23.5 Å². The average molecular weight is 291 g/mol. The number of rotatable bonds is 4. The lowest BCUT2D eigenvalue weighted by molar-refractivity contribution is 0.291. The van der Waals surface area contributed by atoms with E-state index < -0.39 is 0 Å². The minimum Gasteiger partial charge on any atom is -0.485 e. The third-order valence-corrected chi connectivity index (χ3v) is 3.21. The summed E-state index contributed by atoms with van der Waals surface area (Å²) >= 11 is 5.93. The van der Waals surface area contributed by atoms with Crippen LogP contribution in [-0.4, -0.2) is 9.97 Å². The molecule has 0 aliphatic rings. The van der Waals surface area contributed by atoms with Gasteiger partial charge in [-0.1, -0.05) is 37.6 Å². The molecule has 106 valence electrons. The van der Waals surface area contributed by atoms with Crippen LogP contribution in [0, 0.1) is 13.8 Å². The molecule has 20 heavy (non-hydrogen) atoms. The molecular weight excluding hydrogens is 272 g/mol. The summed E-state index contributed by atoms with van der Waals surface area (Å²) < 4.78 is 5.89. The fraction of sp³-hybridized carbons (Fsp3) is 0.375. The summed E-state index contributed by atoms with van der Waals surface area (Å²) in [4.78, 5) is 8.50. The van der Waals surface area contributed by atoms with E-state index in [2.05, 4.69) is 42.9 Å². The van der Waals surface area contributed by atoms with E-state index in [9.17, 15) is 0 Å². The van der Waals surface area contributed by atoms with Gasteiger partial charge in [-0.2, -0.15) is 0 Å². The third-order valence-electron chi connectivity index (χ3n) is 3.02. The molecule has 0 spiro atoms. The summed E-state index contributed by atoms with van der Waals surface area (Å²) in [6.07, 6.45) is 0. The molecule has 1 heterocycles. The molecule has 4 heteroatoms. The number of aromatic nitrogens is 2. The Bertz CT molecular complexity index is 591. The van der Waals surface area contributed by atoms with Crippen molar-refractivity contribution in [1.82, 2.24) is 9.97 Å². The van der Waals surface area contributed by atoms with Gasteiger partial charge >= 0.3 is 0 Å². The van der Waals surface area contributed by atoms with Gasteiger partial charge in [0.05, 0.1) is 0 Å². The second kappa shape index (κ2) is 6.23. The highest BCUT2D eigenvalue weighted by Crippen LogP contribution is 2.28. The maximum atomic E-state index is 5.93. The van der Waals surface area contributed by atoms with Crippen molar-refractivity contribution in [3.8, 4) is 5.75 Å². The van der Waals surface area contributed by atoms with E-state index in [0.717, 1.165) is 11.4 Å². The summed E-state index contributed by atoms with van der Waals surface area (Å²) in [5.41, 5.74) is 3.21. The van der Waals surface area contributed by atoms with Gasteiger partial charge in [-0.3, -0.25) is 0 Å². The molecule has 0 atom stereocenters. The number of halogens is 1. The molecule has 2 aromatic rings. The summed E-state index contributed by atoms with van der Waals surface area (Å²) in [6.45, 7) is 8.57. The Labute approximate surface area is 125 Å². The van der Waals surface area contributed by atoms with Crippen molar-refractivity contribution in [1.29, 1.82) is 0 Å². The zero-order valence-corrected chi connectivity index (χ0v) is 13.0. The van der Waals surface area contributed by atoms with Crippen molar-refractivity contribution < 1.29 is 4.74 Å². The Morgan fingerprint density at radius 2 is 1.90 bits per heavy atom. The van der Waals surface area contributed by atoms with E-state index in [-0.39, 0.29) is 0 Å². The minimum atomic E-state index is 0.324. The Balaban J connectivity index is 2.20. The molecule has 0 unspecified atom stereocenters. The first-order valence-electron chi connectivity index (χ1n) is 6.69. The molecule has 0 fully saturated rings. The lowest BCUT2D eigenvalue weighted by Gasteiger charge is -2.14. The van der Waals surface area contributed by atoms with Crippen LogP contribution in [-0.2, 0) is 6.61 Å². The number of aryl methyl sites for hydroxylation is 2. The van der Waals surface area contributed by atoms with E-state index in [1.165, 1.54) is 11.1 Å². The zero-order chi connectivity index (χ0) is 14.7. The molecule has 2 rings (SSSR count). The molecule has 0 N–H and O–H groups in total. The van der Waals surface area contributed by atoms with E-state index >= 15 is 0 Å². The second-order valence-electron chi connectivity index (χ2n) is 5.23. The molecule has 0 saturated heterocycles. The summed E-state index contributed by atoms with van der Waals surface area (Å²) in [7, 11) is 0. The highest BCUT2D eigenvalue weighted by Gasteiger charge is 2.09. The second-order valence-corrected chi connectivity index (χ2v) is 5.62. The monoisotopic (exact) mass is 290 g/mol. The van der Waals surface area contributed by atoms with E-state index in [1.54, 1.807) is 6.07 Å². The van der Waals surface area contributed by atoms with Crippen molar-refractivity contribution in [3.63, 3.8) is 0 Å². The largest absolute Gasteiger partial charge is 0.485 e. The lowest BCUT2D eigenvalue weighted by Crippen LogP contribution is -2.05. The van der Waals surface area contributed by atoms with Gasteiger partial charge in [-0.15, -0.1) is 0 Å². The molecule has 3 nitrogen and oxygen atoms in total. The number of hydrogen-bond acceptors (Lipinski definition) is 3. The topological polar surface area (TPSA) is 35.0 Å². The Hall–Kier alpha value is -1.61. The standard InChI is InChI=1S/C16H19ClN2O/c1-10(2)13-6-5-11(3)7-14(13)20-9-16-18-12(4)8-15(17)19-16/h5-8,10H,9H2,1-4H3. The molecular formula is C16H19ClN2O. The van der Waals surface area contributed by atoms with Crippen molar-refractivity contribution >= 4 is 11.6 Å². The average Bonchev–Trinajstić information content (AvgIpc) is 2.35. The van der Waals surface area contributed by atoms with Crippen molar-refractivity contribution in [3.05, 3.63) is 52.1 Å². The molecule has 1 aromatic heterocycles. The number of ether oxygens (including phenoxy) is 1. The van der Waals surface area contributed by atoms with Gasteiger partial charge in [0.2, 0.25) is 0 Å². The first kappa shape index (κ1) is 14.8. The van der Waals surface area contributed by atoms with Gasteiger partial charge in [0.15, 0.2) is 5.82 Å². The van der Waals surface area contributed by atoms with Crippen LogP contribution in [0.15, 0.2) is 24.3 Å². The lowest BCUT2D eigenvalue weighted by atomic mass is 10.0. The van der Waals surface area contributed by atoms with Gasteiger partial charge in [-0.25, -0.2) is 9.97 Å². The molecule has 0 bridgehead atoms. The predicted molar refractivity (Wildman–Crippen MR) is 81.4 cm³/mol. The van der Waals surface area contributed by atoms with Crippen LogP contribution in [0.25, 0.3) is 0 Å². The number of nitrogens with zero attached hydrogens (tertiary/aromatic N) is 2. The minimum absolute atomic E-state index is 0.324. The number of benzene rings is 1. The maximum Gasteiger partial charge on any atom is 0.167 e. The van der Waals surface area contributed by atoms with Gasteiger partial charge in [0.25, 0.3) is 0 Å². The third kappa shape index (κ3) is 3.70. The molecule has 0 aliphatic carbocycles. The SMILES string of the molecule is Cc1ccc(C(C)C)c(OCc2nc(C)cc(Cl)n2)c1.